The van der Waals surface area contributed by atoms with E-state index in [1.54, 1.807) is 6.08 Å². The van der Waals surface area contributed by atoms with Gasteiger partial charge in [0, 0.05) is 0 Å². The molecule has 1 aliphatic rings. The molecule has 1 aromatic rings. The van der Waals surface area contributed by atoms with E-state index >= 15 is 0 Å². The Morgan fingerprint density at radius 3 is 1.87 bits per heavy atom. The molecule has 176 valence electrons. The average molecular weight is 417 g/mol. The lowest BCUT2D eigenvalue weighted by atomic mass is 9.78. The molecule has 0 heteroatoms. The number of hydrogen-bond acceptors (Lipinski definition) is 0. The summed E-state index contributed by atoms with van der Waals surface area (Å²) in [5.74, 6) is 2.10. The largest absolute Gasteiger partial charge is 0.103 e. The highest BCUT2D eigenvalue weighted by Gasteiger charge is 2.19. The highest BCUT2D eigenvalue weighted by molar-refractivity contribution is 5.13. The van der Waals surface area contributed by atoms with Gasteiger partial charge in [-0.3, -0.25) is 0 Å². The smallest absolute Gasteiger partial charge is 0.0307 e. The lowest BCUT2D eigenvalue weighted by Crippen LogP contribution is -2.16. The Balaban J connectivity index is -0.000000340. The molecular formula is C30H56. The van der Waals surface area contributed by atoms with E-state index in [2.05, 4.69) is 72.0 Å². The fourth-order valence-electron chi connectivity index (χ4n) is 3.43. The zero-order valence-corrected chi connectivity index (χ0v) is 22.1. The highest BCUT2D eigenvalue weighted by atomic mass is 14.3. The summed E-state index contributed by atoms with van der Waals surface area (Å²) < 4.78 is 0. The lowest BCUT2D eigenvalue weighted by molar-refractivity contribution is 0.237. The molecule has 0 heterocycles. The van der Waals surface area contributed by atoms with Gasteiger partial charge in [-0.1, -0.05) is 135 Å². The molecular weight excluding hydrogens is 360 g/mol. The van der Waals surface area contributed by atoms with Crippen LogP contribution in [0.5, 0.6) is 0 Å². The third-order valence-electron chi connectivity index (χ3n) is 5.15. The summed E-state index contributed by atoms with van der Waals surface area (Å²) in [4.78, 5) is 0. The zero-order chi connectivity index (χ0) is 23.6. The van der Waals surface area contributed by atoms with Crippen molar-refractivity contribution in [1.29, 1.82) is 0 Å². The van der Waals surface area contributed by atoms with Gasteiger partial charge in [0.15, 0.2) is 0 Å². The first-order chi connectivity index (χ1) is 14.5. The molecule has 1 aromatic carbocycles. The Labute approximate surface area is 192 Å². The van der Waals surface area contributed by atoms with Crippen molar-refractivity contribution in [1.82, 2.24) is 0 Å². The summed E-state index contributed by atoms with van der Waals surface area (Å²) in [6.07, 6.45) is 15.6. The fourth-order valence-corrected chi connectivity index (χ4v) is 3.43. The Bertz CT molecular complexity index is 442. The SMILES string of the molecule is C=C(C)CCC.C=CC.CC.CCCCC1CCCCC1C.CCc1ccccc1. The van der Waals surface area contributed by atoms with Crippen LogP contribution in [-0.2, 0) is 6.42 Å². The van der Waals surface area contributed by atoms with Gasteiger partial charge in [0.05, 0.1) is 0 Å². The van der Waals surface area contributed by atoms with E-state index in [9.17, 15) is 0 Å². The van der Waals surface area contributed by atoms with Crippen molar-refractivity contribution >= 4 is 0 Å². The van der Waals surface area contributed by atoms with Gasteiger partial charge in [-0.15, -0.1) is 13.2 Å². The standard InChI is InChI=1S/C11H22.C8H10.C6H12.C3H6.C2H6/c1-3-4-8-11-9-6-5-7-10(11)2;1-2-8-6-4-3-5-7-8;1-4-5-6(2)3;1-3-2;1-2/h10-11H,3-9H2,1-2H3;3-7H,2H2,1H3;2,4-5H2,1,3H3;3H,1H2,2H3;1-2H3. The Kier molecular flexibility index (Phi) is 30.8. The van der Waals surface area contributed by atoms with Crippen molar-refractivity contribution in [3.8, 4) is 0 Å². The molecule has 0 aliphatic heterocycles. The van der Waals surface area contributed by atoms with Crippen molar-refractivity contribution in [2.75, 3.05) is 0 Å². The number of unbranched alkanes of at least 4 members (excludes halogenated alkanes) is 1. The molecule has 1 fully saturated rings. The van der Waals surface area contributed by atoms with E-state index in [1.165, 1.54) is 68.9 Å². The van der Waals surface area contributed by atoms with Crippen LogP contribution in [-0.4, -0.2) is 0 Å². The Hall–Kier alpha value is -1.30. The van der Waals surface area contributed by atoms with Crippen molar-refractivity contribution in [3.05, 3.63) is 60.7 Å². The van der Waals surface area contributed by atoms with Crippen molar-refractivity contribution in [2.24, 2.45) is 11.8 Å². The molecule has 0 aromatic heterocycles. The van der Waals surface area contributed by atoms with E-state index in [1.807, 2.05) is 26.8 Å². The lowest BCUT2D eigenvalue weighted by Gasteiger charge is -2.28. The predicted octanol–water partition coefficient (Wildman–Crippen LogP) is 10.8. The maximum Gasteiger partial charge on any atom is -0.0307 e. The maximum absolute atomic E-state index is 3.74. The third-order valence-corrected chi connectivity index (χ3v) is 5.15. The molecule has 0 bridgehead atoms. The summed E-state index contributed by atoms with van der Waals surface area (Å²) in [7, 11) is 0. The van der Waals surface area contributed by atoms with Gasteiger partial charge in [-0.05, 0) is 44.1 Å². The predicted molar refractivity (Wildman–Crippen MR) is 143 cm³/mol. The Morgan fingerprint density at radius 1 is 1.00 bits per heavy atom. The summed E-state index contributed by atoms with van der Waals surface area (Å²) >= 11 is 0. The summed E-state index contributed by atoms with van der Waals surface area (Å²) in [5, 5.41) is 0. The van der Waals surface area contributed by atoms with E-state index in [0.717, 1.165) is 18.3 Å². The average Bonchev–Trinajstić information content (AvgIpc) is 2.76. The monoisotopic (exact) mass is 416 g/mol. The number of allylic oxidation sites excluding steroid dienone is 2. The van der Waals surface area contributed by atoms with Gasteiger partial charge in [0.25, 0.3) is 0 Å². The van der Waals surface area contributed by atoms with Gasteiger partial charge >= 0.3 is 0 Å². The van der Waals surface area contributed by atoms with Crippen LogP contribution in [0.25, 0.3) is 0 Å². The second-order valence-electron chi connectivity index (χ2n) is 8.12. The molecule has 0 N–H and O–H groups in total. The second kappa shape index (κ2) is 27.7. The number of hydrogen-bond donors (Lipinski definition) is 0. The minimum absolute atomic E-state index is 1.02. The summed E-state index contributed by atoms with van der Waals surface area (Å²) in [6, 6.07) is 10.5. The molecule has 30 heavy (non-hydrogen) atoms. The zero-order valence-electron chi connectivity index (χ0n) is 22.1. The van der Waals surface area contributed by atoms with Crippen LogP contribution in [0.15, 0.2) is 55.1 Å². The van der Waals surface area contributed by atoms with E-state index in [0.29, 0.717) is 0 Å². The molecule has 1 aliphatic carbocycles. The molecule has 0 spiro atoms. The molecule has 2 unspecified atom stereocenters. The minimum Gasteiger partial charge on any atom is -0.103 e. The van der Waals surface area contributed by atoms with Crippen LogP contribution in [0.4, 0.5) is 0 Å². The van der Waals surface area contributed by atoms with Crippen molar-refractivity contribution in [2.45, 2.75) is 120 Å². The van der Waals surface area contributed by atoms with Crippen LogP contribution < -0.4 is 0 Å². The molecule has 1 saturated carbocycles. The van der Waals surface area contributed by atoms with Crippen molar-refractivity contribution in [3.63, 3.8) is 0 Å². The second-order valence-corrected chi connectivity index (χ2v) is 8.12. The highest BCUT2D eigenvalue weighted by Crippen LogP contribution is 2.32. The first-order valence-corrected chi connectivity index (χ1v) is 12.7. The Morgan fingerprint density at radius 2 is 1.53 bits per heavy atom. The van der Waals surface area contributed by atoms with Gasteiger partial charge in [0.1, 0.15) is 0 Å². The first-order valence-electron chi connectivity index (χ1n) is 12.7. The summed E-state index contributed by atoms with van der Waals surface area (Å²) in [5.41, 5.74) is 2.70. The molecule has 0 amide bonds. The molecule has 2 rings (SSSR count). The van der Waals surface area contributed by atoms with E-state index in [4.69, 9.17) is 0 Å². The normalized spacial score (nSPS) is 16.5. The molecule has 0 radical (unpaired) electrons. The molecule has 0 saturated heterocycles. The van der Waals surface area contributed by atoms with Crippen LogP contribution in [0.2, 0.25) is 0 Å². The molecule has 2 atom stereocenters. The number of aryl methyl sites for hydroxylation is 1. The summed E-state index contributed by atoms with van der Waals surface area (Å²) in [6.45, 7) is 24.1. The van der Waals surface area contributed by atoms with Crippen LogP contribution >= 0.6 is 0 Å². The van der Waals surface area contributed by atoms with Crippen molar-refractivity contribution < 1.29 is 0 Å². The topological polar surface area (TPSA) is 0 Å². The first kappa shape index (κ1) is 33.3. The number of rotatable bonds is 6. The quantitative estimate of drug-likeness (QED) is 0.404. The van der Waals surface area contributed by atoms with Gasteiger partial charge in [0.2, 0.25) is 0 Å². The van der Waals surface area contributed by atoms with Crippen LogP contribution in [0, 0.1) is 11.8 Å². The minimum atomic E-state index is 1.02. The molecule has 0 nitrogen and oxygen atoms in total. The number of benzene rings is 1. The third kappa shape index (κ3) is 24.7. The van der Waals surface area contributed by atoms with Gasteiger partial charge in [-0.25, -0.2) is 0 Å². The fraction of sp³-hybridized carbons (Fsp3) is 0.667. The van der Waals surface area contributed by atoms with Crippen LogP contribution in [0.3, 0.4) is 0 Å². The maximum atomic E-state index is 3.74. The van der Waals surface area contributed by atoms with Gasteiger partial charge < -0.3 is 0 Å². The van der Waals surface area contributed by atoms with E-state index < -0.39 is 0 Å². The van der Waals surface area contributed by atoms with Crippen LogP contribution in [0.1, 0.15) is 119 Å². The van der Waals surface area contributed by atoms with Gasteiger partial charge in [-0.2, -0.15) is 0 Å². The van der Waals surface area contributed by atoms with E-state index in [-0.39, 0.29) is 0 Å².